The number of nitrogens with one attached hydrogen (secondary N) is 1. The summed E-state index contributed by atoms with van der Waals surface area (Å²) in [6, 6.07) is 6.36. The number of methoxy groups -OCH3 is 1. The normalized spacial score (nSPS) is 12.3. The Morgan fingerprint density at radius 3 is 2.95 bits per heavy atom. The van der Waals surface area contributed by atoms with Crippen LogP contribution in [-0.2, 0) is 6.42 Å². The summed E-state index contributed by atoms with van der Waals surface area (Å²) >= 11 is 5.38. The minimum absolute atomic E-state index is 0.216. The van der Waals surface area contributed by atoms with Crippen molar-refractivity contribution in [2.75, 3.05) is 13.7 Å². The molecule has 0 aliphatic carbocycles. The van der Waals surface area contributed by atoms with E-state index in [-0.39, 0.29) is 6.04 Å². The lowest BCUT2D eigenvalue weighted by molar-refractivity contribution is 0.382. The van der Waals surface area contributed by atoms with Crippen LogP contribution in [0, 0.1) is 0 Å². The lowest BCUT2D eigenvalue weighted by atomic mass is 10.0. The van der Waals surface area contributed by atoms with Crippen LogP contribution in [0.15, 0.2) is 34.2 Å². The van der Waals surface area contributed by atoms with Gasteiger partial charge in [-0.15, -0.1) is 11.3 Å². The summed E-state index contributed by atoms with van der Waals surface area (Å²) in [6.07, 6.45) is 3.80. The van der Waals surface area contributed by atoms with Crippen LogP contribution < -0.4 is 10.1 Å². The van der Waals surface area contributed by atoms with Crippen molar-refractivity contribution in [1.29, 1.82) is 0 Å². The van der Waals surface area contributed by atoms with Gasteiger partial charge in [-0.1, -0.05) is 13.0 Å². The lowest BCUT2D eigenvalue weighted by Crippen LogP contribution is -2.24. The highest BCUT2D eigenvalue weighted by molar-refractivity contribution is 9.10. The predicted molar refractivity (Wildman–Crippen MR) is 87.5 cm³/mol. The zero-order valence-corrected chi connectivity index (χ0v) is 14.1. The maximum atomic E-state index is 5.40. The molecule has 5 heteroatoms. The number of ether oxygens (including phenoxy) is 1. The second-order valence-corrected chi connectivity index (χ2v) is 6.36. The van der Waals surface area contributed by atoms with Gasteiger partial charge in [-0.25, -0.2) is 4.98 Å². The number of hydrogen-bond donors (Lipinski definition) is 1. The van der Waals surface area contributed by atoms with Crippen molar-refractivity contribution in [2.45, 2.75) is 25.8 Å². The van der Waals surface area contributed by atoms with Gasteiger partial charge in [0.1, 0.15) is 0 Å². The maximum absolute atomic E-state index is 5.40. The average molecular weight is 355 g/mol. The third-order valence-electron chi connectivity index (χ3n) is 3.09. The van der Waals surface area contributed by atoms with Crippen LogP contribution in [0.25, 0.3) is 0 Å². The predicted octanol–water partition coefficient (Wildman–Crippen LogP) is 4.20. The number of halogens is 1. The van der Waals surface area contributed by atoms with Gasteiger partial charge in [0.15, 0.2) is 0 Å². The molecule has 108 valence electrons. The summed E-state index contributed by atoms with van der Waals surface area (Å²) in [5, 5.41) is 5.70. The van der Waals surface area contributed by atoms with Crippen LogP contribution in [0.2, 0.25) is 0 Å². The molecule has 20 heavy (non-hydrogen) atoms. The molecule has 0 aliphatic heterocycles. The van der Waals surface area contributed by atoms with Gasteiger partial charge in [0, 0.05) is 33.6 Å². The van der Waals surface area contributed by atoms with Gasteiger partial charge in [-0.3, -0.25) is 0 Å². The number of hydrogen-bond acceptors (Lipinski definition) is 4. The van der Waals surface area contributed by atoms with E-state index < -0.39 is 0 Å². The quantitative estimate of drug-likeness (QED) is 0.808. The zero-order valence-electron chi connectivity index (χ0n) is 11.7. The number of nitrogens with zero attached hydrogens (tertiary/aromatic N) is 1. The summed E-state index contributed by atoms with van der Waals surface area (Å²) in [5.41, 5.74) is 1.11. The molecular formula is C15H19BrN2OS. The van der Waals surface area contributed by atoms with Crippen molar-refractivity contribution >= 4 is 27.3 Å². The molecule has 0 saturated carbocycles. The summed E-state index contributed by atoms with van der Waals surface area (Å²) in [6.45, 7) is 3.15. The molecular weight excluding hydrogens is 336 g/mol. The minimum Gasteiger partial charge on any atom is -0.481 e. The first-order valence-corrected chi connectivity index (χ1v) is 8.37. The third-order valence-corrected chi connectivity index (χ3v) is 5.04. The van der Waals surface area contributed by atoms with Crippen molar-refractivity contribution in [1.82, 2.24) is 10.3 Å². The van der Waals surface area contributed by atoms with E-state index >= 15 is 0 Å². The molecule has 0 aromatic carbocycles. The van der Waals surface area contributed by atoms with Crippen LogP contribution in [0.1, 0.15) is 29.8 Å². The molecule has 0 amide bonds. The van der Waals surface area contributed by atoms with Gasteiger partial charge in [0.2, 0.25) is 5.88 Å². The smallest absolute Gasteiger partial charge is 0.217 e. The molecule has 2 heterocycles. The fourth-order valence-electron chi connectivity index (χ4n) is 2.11. The molecule has 0 radical (unpaired) electrons. The van der Waals surface area contributed by atoms with Crippen molar-refractivity contribution < 1.29 is 4.74 Å². The molecule has 3 nitrogen and oxygen atoms in total. The molecule has 0 bridgehead atoms. The monoisotopic (exact) mass is 354 g/mol. The SMILES string of the molecule is CCCNC(Cc1sccc1Br)c1cccnc1OC. The van der Waals surface area contributed by atoms with Gasteiger partial charge >= 0.3 is 0 Å². The maximum Gasteiger partial charge on any atom is 0.217 e. The number of aromatic nitrogens is 1. The molecule has 1 N–H and O–H groups in total. The van der Waals surface area contributed by atoms with Crippen LogP contribution in [-0.4, -0.2) is 18.6 Å². The molecule has 0 spiro atoms. The summed E-state index contributed by atoms with van der Waals surface area (Å²) in [5.74, 6) is 0.703. The van der Waals surface area contributed by atoms with Gasteiger partial charge in [-0.2, -0.15) is 0 Å². The first kappa shape index (κ1) is 15.5. The Morgan fingerprint density at radius 1 is 1.45 bits per heavy atom. The van der Waals surface area contributed by atoms with Gasteiger partial charge < -0.3 is 10.1 Å². The summed E-state index contributed by atoms with van der Waals surface area (Å²) in [7, 11) is 1.67. The number of thiophene rings is 1. The molecule has 1 unspecified atom stereocenters. The second kappa shape index (κ2) is 7.76. The van der Waals surface area contributed by atoms with Crippen molar-refractivity contribution in [3.8, 4) is 5.88 Å². The molecule has 0 fully saturated rings. The molecule has 1 atom stereocenters. The Kier molecular flexibility index (Phi) is 6.01. The van der Waals surface area contributed by atoms with Crippen LogP contribution >= 0.6 is 27.3 Å². The van der Waals surface area contributed by atoms with E-state index in [1.807, 2.05) is 6.07 Å². The topological polar surface area (TPSA) is 34.2 Å². The largest absolute Gasteiger partial charge is 0.481 e. The lowest BCUT2D eigenvalue weighted by Gasteiger charge is -2.20. The van der Waals surface area contributed by atoms with Crippen molar-refractivity contribution in [3.63, 3.8) is 0 Å². The standard InChI is InChI=1S/C15H19BrN2OS/c1-3-7-17-13(10-14-12(16)6-9-20-14)11-5-4-8-18-15(11)19-2/h4-6,8-9,13,17H,3,7,10H2,1-2H3. The highest BCUT2D eigenvalue weighted by Crippen LogP contribution is 2.31. The number of rotatable bonds is 7. The number of pyridine rings is 1. The molecule has 2 aromatic rings. The van der Waals surface area contributed by atoms with Crippen LogP contribution in [0.3, 0.4) is 0 Å². The van der Waals surface area contributed by atoms with E-state index in [9.17, 15) is 0 Å². The van der Waals surface area contributed by atoms with Gasteiger partial charge in [0.05, 0.1) is 7.11 Å². The van der Waals surface area contributed by atoms with Gasteiger partial charge in [-0.05, 0) is 46.4 Å². The second-order valence-electron chi connectivity index (χ2n) is 4.50. The third kappa shape index (κ3) is 3.81. The van der Waals surface area contributed by atoms with E-state index in [1.165, 1.54) is 9.35 Å². The molecule has 0 saturated heterocycles. The minimum atomic E-state index is 0.216. The average Bonchev–Trinajstić information content (AvgIpc) is 2.88. The Bertz CT molecular complexity index is 544. The highest BCUT2D eigenvalue weighted by atomic mass is 79.9. The Hall–Kier alpha value is -0.910. The van der Waals surface area contributed by atoms with Crippen LogP contribution in [0.4, 0.5) is 0 Å². The van der Waals surface area contributed by atoms with E-state index in [4.69, 9.17) is 4.74 Å². The highest BCUT2D eigenvalue weighted by Gasteiger charge is 2.18. The fourth-order valence-corrected chi connectivity index (χ4v) is 3.67. The summed E-state index contributed by atoms with van der Waals surface area (Å²) < 4.78 is 6.57. The van der Waals surface area contributed by atoms with E-state index in [1.54, 1.807) is 24.6 Å². The Balaban J connectivity index is 2.24. The fraction of sp³-hybridized carbons (Fsp3) is 0.400. The molecule has 2 rings (SSSR count). The van der Waals surface area contributed by atoms with Crippen molar-refractivity contribution in [2.24, 2.45) is 0 Å². The van der Waals surface area contributed by atoms with E-state index in [0.29, 0.717) is 5.88 Å². The molecule has 0 aliphatic rings. The summed E-state index contributed by atoms with van der Waals surface area (Å²) in [4.78, 5) is 5.64. The zero-order chi connectivity index (χ0) is 14.4. The Morgan fingerprint density at radius 2 is 2.30 bits per heavy atom. The van der Waals surface area contributed by atoms with Crippen LogP contribution in [0.5, 0.6) is 5.88 Å². The van der Waals surface area contributed by atoms with Gasteiger partial charge in [0.25, 0.3) is 0 Å². The first-order chi connectivity index (χ1) is 9.76. The first-order valence-electron chi connectivity index (χ1n) is 6.70. The van der Waals surface area contributed by atoms with E-state index in [0.717, 1.165) is 24.9 Å². The molecule has 2 aromatic heterocycles. The van der Waals surface area contributed by atoms with Crippen molar-refractivity contribution in [3.05, 3.63) is 44.7 Å². The Labute approximate surface area is 132 Å². The van der Waals surface area contributed by atoms with E-state index in [2.05, 4.69) is 50.7 Å².